The molecular weight excluding hydrogens is 246 g/mol. The molecule has 0 atom stereocenters. The van der Waals surface area contributed by atoms with E-state index >= 15 is 0 Å². The molecule has 2 N–H and O–H groups in total. The van der Waals surface area contributed by atoms with Gasteiger partial charge in [0.1, 0.15) is 0 Å². The molecule has 0 saturated heterocycles. The summed E-state index contributed by atoms with van der Waals surface area (Å²) >= 11 is 0. The molecule has 3 rings (SSSR count). The van der Waals surface area contributed by atoms with E-state index in [1.54, 1.807) is 36.4 Å². The van der Waals surface area contributed by atoms with Gasteiger partial charge in [-0.15, -0.1) is 0 Å². The second-order valence-corrected chi connectivity index (χ2v) is 4.04. The van der Waals surface area contributed by atoms with Crippen molar-refractivity contribution in [1.29, 1.82) is 0 Å². The standard InChI is InChI=1S/C14H11NO4/c16-14(17)10-3-1-2-4-11(10)15-9-5-6-12-13(7-9)19-8-18-12/h1-7,15H,8H2,(H,16,17). The molecule has 19 heavy (non-hydrogen) atoms. The molecule has 1 aliphatic heterocycles. The first-order valence-electron chi connectivity index (χ1n) is 5.73. The van der Waals surface area contributed by atoms with E-state index in [1.807, 2.05) is 6.07 Å². The lowest BCUT2D eigenvalue weighted by Gasteiger charge is -2.09. The molecule has 0 unspecified atom stereocenters. The number of fused-ring (bicyclic) bond motifs is 1. The van der Waals surface area contributed by atoms with E-state index in [-0.39, 0.29) is 12.4 Å². The third-order valence-corrected chi connectivity index (χ3v) is 2.81. The Morgan fingerprint density at radius 1 is 1.11 bits per heavy atom. The first-order chi connectivity index (χ1) is 9.24. The van der Waals surface area contributed by atoms with Crippen LogP contribution in [0.25, 0.3) is 0 Å². The third-order valence-electron chi connectivity index (χ3n) is 2.81. The average molecular weight is 257 g/mol. The molecule has 0 aliphatic carbocycles. The lowest BCUT2D eigenvalue weighted by molar-refractivity contribution is 0.0698. The molecule has 0 radical (unpaired) electrons. The molecule has 0 fully saturated rings. The Morgan fingerprint density at radius 2 is 1.89 bits per heavy atom. The van der Waals surface area contributed by atoms with Crippen molar-refractivity contribution >= 4 is 17.3 Å². The number of hydrogen-bond acceptors (Lipinski definition) is 4. The fourth-order valence-electron chi connectivity index (χ4n) is 1.91. The molecule has 5 nitrogen and oxygen atoms in total. The van der Waals surface area contributed by atoms with Gasteiger partial charge in [-0.05, 0) is 24.3 Å². The highest BCUT2D eigenvalue weighted by molar-refractivity contribution is 5.95. The Balaban J connectivity index is 1.91. The van der Waals surface area contributed by atoms with Crippen LogP contribution in [0, 0.1) is 0 Å². The van der Waals surface area contributed by atoms with E-state index < -0.39 is 5.97 Å². The largest absolute Gasteiger partial charge is 0.478 e. The second-order valence-electron chi connectivity index (χ2n) is 4.04. The zero-order valence-electron chi connectivity index (χ0n) is 9.92. The van der Waals surface area contributed by atoms with Gasteiger partial charge in [0, 0.05) is 11.8 Å². The second kappa shape index (κ2) is 4.53. The van der Waals surface area contributed by atoms with Crippen molar-refractivity contribution in [3.05, 3.63) is 48.0 Å². The number of rotatable bonds is 3. The zero-order valence-corrected chi connectivity index (χ0v) is 9.92. The monoisotopic (exact) mass is 257 g/mol. The van der Waals surface area contributed by atoms with Crippen LogP contribution in [-0.4, -0.2) is 17.9 Å². The van der Waals surface area contributed by atoms with E-state index in [1.165, 1.54) is 0 Å². The van der Waals surface area contributed by atoms with Gasteiger partial charge in [-0.2, -0.15) is 0 Å². The number of hydrogen-bond donors (Lipinski definition) is 2. The quantitative estimate of drug-likeness (QED) is 0.884. The van der Waals surface area contributed by atoms with Crippen molar-refractivity contribution in [1.82, 2.24) is 0 Å². The number of benzene rings is 2. The summed E-state index contributed by atoms with van der Waals surface area (Å²) in [5, 5.41) is 12.2. The van der Waals surface area contributed by atoms with Gasteiger partial charge < -0.3 is 19.9 Å². The lowest BCUT2D eigenvalue weighted by atomic mass is 10.1. The Labute approximate surface area is 109 Å². The minimum absolute atomic E-state index is 0.213. The summed E-state index contributed by atoms with van der Waals surface area (Å²) in [7, 11) is 0. The highest BCUT2D eigenvalue weighted by atomic mass is 16.7. The molecule has 2 aromatic rings. The number of aromatic carboxylic acids is 1. The van der Waals surface area contributed by atoms with Crippen molar-refractivity contribution in [3.8, 4) is 11.5 Å². The fraction of sp³-hybridized carbons (Fsp3) is 0.0714. The van der Waals surface area contributed by atoms with Gasteiger partial charge in [0.2, 0.25) is 6.79 Å². The van der Waals surface area contributed by atoms with Crippen LogP contribution in [-0.2, 0) is 0 Å². The minimum Gasteiger partial charge on any atom is -0.478 e. The van der Waals surface area contributed by atoms with Crippen LogP contribution in [0.2, 0.25) is 0 Å². The number of nitrogens with one attached hydrogen (secondary N) is 1. The first kappa shape index (κ1) is 11.4. The summed E-state index contributed by atoms with van der Waals surface area (Å²) < 4.78 is 10.5. The Hall–Kier alpha value is -2.69. The van der Waals surface area contributed by atoms with E-state index in [9.17, 15) is 4.79 Å². The van der Waals surface area contributed by atoms with Gasteiger partial charge in [-0.25, -0.2) is 4.79 Å². The summed E-state index contributed by atoms with van der Waals surface area (Å²) in [4.78, 5) is 11.1. The van der Waals surface area contributed by atoms with Gasteiger partial charge in [-0.3, -0.25) is 0 Å². The van der Waals surface area contributed by atoms with Crippen LogP contribution in [0.3, 0.4) is 0 Å². The summed E-state index contributed by atoms with van der Waals surface area (Å²) in [6.45, 7) is 0.213. The van der Waals surface area contributed by atoms with Gasteiger partial charge in [-0.1, -0.05) is 12.1 Å². The number of para-hydroxylation sites is 1. The molecule has 1 aliphatic rings. The van der Waals surface area contributed by atoms with Gasteiger partial charge in [0.05, 0.1) is 11.3 Å². The van der Waals surface area contributed by atoms with Gasteiger partial charge in [0.15, 0.2) is 11.5 Å². The Kier molecular flexibility index (Phi) is 2.72. The van der Waals surface area contributed by atoms with Crippen LogP contribution >= 0.6 is 0 Å². The SMILES string of the molecule is O=C(O)c1ccccc1Nc1ccc2c(c1)OCO2. The Morgan fingerprint density at radius 3 is 2.74 bits per heavy atom. The molecule has 0 saturated carbocycles. The van der Waals surface area contributed by atoms with Crippen LogP contribution in [0.1, 0.15) is 10.4 Å². The summed E-state index contributed by atoms with van der Waals surface area (Å²) in [6, 6.07) is 12.1. The molecule has 96 valence electrons. The van der Waals surface area contributed by atoms with Crippen molar-refractivity contribution < 1.29 is 19.4 Å². The smallest absolute Gasteiger partial charge is 0.337 e. The van der Waals surface area contributed by atoms with Crippen molar-refractivity contribution in [2.75, 3.05) is 12.1 Å². The van der Waals surface area contributed by atoms with E-state index in [0.717, 1.165) is 5.69 Å². The van der Waals surface area contributed by atoms with E-state index in [0.29, 0.717) is 17.2 Å². The fourth-order valence-corrected chi connectivity index (χ4v) is 1.91. The summed E-state index contributed by atoms with van der Waals surface area (Å²) in [6.07, 6.45) is 0. The van der Waals surface area contributed by atoms with Crippen LogP contribution < -0.4 is 14.8 Å². The third kappa shape index (κ3) is 2.18. The van der Waals surface area contributed by atoms with Crippen molar-refractivity contribution in [2.45, 2.75) is 0 Å². The maximum Gasteiger partial charge on any atom is 0.337 e. The van der Waals surface area contributed by atoms with Crippen molar-refractivity contribution in [2.24, 2.45) is 0 Å². The Bertz CT molecular complexity index is 639. The molecule has 5 heteroatoms. The van der Waals surface area contributed by atoms with Crippen LogP contribution in [0.15, 0.2) is 42.5 Å². The minimum atomic E-state index is -0.969. The zero-order chi connectivity index (χ0) is 13.2. The lowest BCUT2D eigenvalue weighted by Crippen LogP contribution is -2.02. The molecule has 0 amide bonds. The van der Waals surface area contributed by atoms with Crippen LogP contribution in [0.5, 0.6) is 11.5 Å². The molecule has 0 spiro atoms. The van der Waals surface area contributed by atoms with Crippen molar-refractivity contribution in [3.63, 3.8) is 0 Å². The highest BCUT2D eigenvalue weighted by Crippen LogP contribution is 2.35. The van der Waals surface area contributed by atoms with Gasteiger partial charge >= 0.3 is 5.97 Å². The predicted molar refractivity (Wildman–Crippen MR) is 69.2 cm³/mol. The molecule has 0 bridgehead atoms. The van der Waals surface area contributed by atoms with Crippen LogP contribution in [0.4, 0.5) is 11.4 Å². The number of carbonyl (C=O) groups is 1. The molecule has 1 heterocycles. The normalized spacial score (nSPS) is 12.2. The highest BCUT2D eigenvalue weighted by Gasteiger charge is 2.14. The average Bonchev–Trinajstić information content (AvgIpc) is 2.86. The maximum atomic E-state index is 11.1. The summed E-state index contributed by atoms with van der Waals surface area (Å²) in [5.74, 6) is 0.374. The topological polar surface area (TPSA) is 67.8 Å². The first-order valence-corrected chi connectivity index (χ1v) is 5.73. The summed E-state index contributed by atoms with van der Waals surface area (Å²) in [5.41, 5.74) is 1.51. The number of carboxylic acid groups (broad SMARTS) is 1. The molecular formula is C14H11NO4. The maximum absolute atomic E-state index is 11.1. The number of anilines is 2. The van der Waals surface area contributed by atoms with Gasteiger partial charge in [0.25, 0.3) is 0 Å². The molecule has 2 aromatic carbocycles. The number of carboxylic acids is 1. The van der Waals surface area contributed by atoms with E-state index in [2.05, 4.69) is 5.32 Å². The predicted octanol–water partition coefficient (Wildman–Crippen LogP) is 2.86. The van der Waals surface area contributed by atoms with E-state index in [4.69, 9.17) is 14.6 Å². The number of ether oxygens (including phenoxy) is 2. The molecule has 0 aromatic heterocycles.